The fourth-order valence-corrected chi connectivity index (χ4v) is 4.88. The van der Waals surface area contributed by atoms with Crippen LogP contribution in [0.15, 0.2) is 97.1 Å². The van der Waals surface area contributed by atoms with E-state index in [-0.39, 0.29) is 6.04 Å². The van der Waals surface area contributed by atoms with Crippen LogP contribution in [0.1, 0.15) is 39.4 Å². The Morgan fingerprint density at radius 2 is 1.16 bits per heavy atom. The zero-order valence-electron chi connectivity index (χ0n) is 21.9. The smallest absolute Gasteiger partial charge is 0.203 e. The Bertz CT molecular complexity index is 1520. The number of hydrogen-bond acceptors (Lipinski definition) is 2. The zero-order valence-corrected chi connectivity index (χ0v) is 21.9. The van der Waals surface area contributed by atoms with E-state index in [1.165, 1.54) is 27.8 Å². The average Bonchev–Trinajstić information content (AvgIpc) is 3.18. The summed E-state index contributed by atoms with van der Waals surface area (Å²) in [4.78, 5) is 0. The van der Waals surface area contributed by atoms with E-state index in [1.54, 1.807) is 0 Å². The normalized spacial score (nSPS) is 12.2. The maximum absolute atomic E-state index is 9.29. The molecule has 188 valence electrons. The summed E-state index contributed by atoms with van der Waals surface area (Å²) in [7, 11) is 0. The van der Waals surface area contributed by atoms with Gasteiger partial charge in [0.2, 0.25) is 5.62 Å². The lowest BCUT2D eigenvalue weighted by Gasteiger charge is -2.20. The summed E-state index contributed by atoms with van der Waals surface area (Å²) in [5.74, 6) is 0. The summed E-state index contributed by atoms with van der Waals surface area (Å²) in [6.07, 6.45) is 0.795. The van der Waals surface area contributed by atoms with Crippen LogP contribution in [0.2, 0.25) is 0 Å². The van der Waals surface area contributed by atoms with Gasteiger partial charge in [-0.1, -0.05) is 102 Å². The van der Waals surface area contributed by atoms with Crippen molar-refractivity contribution in [1.29, 1.82) is 5.41 Å². The largest absolute Gasteiger partial charge is 0.375 e. The van der Waals surface area contributed by atoms with Crippen molar-refractivity contribution < 1.29 is 4.74 Å². The van der Waals surface area contributed by atoms with Crippen LogP contribution in [0, 0.1) is 26.2 Å². The van der Waals surface area contributed by atoms with Crippen LogP contribution in [0.4, 0.5) is 0 Å². The minimum absolute atomic E-state index is 0.00942. The standard InChI is InChI=1S/C33H35N3O/c1-24-8-14-27(15-9-24)20-30(23-37-22-29-18-12-26(3)13-19-29)36-32-7-5-4-6-31(32)35(33(36)34)21-28-16-10-25(2)11-17-28/h4-19,30,34H,20-23H2,1-3H3/t30-/m1/s1. The van der Waals surface area contributed by atoms with Gasteiger partial charge in [-0.3, -0.25) is 5.41 Å². The van der Waals surface area contributed by atoms with Crippen LogP contribution in [0.5, 0.6) is 0 Å². The number of para-hydroxylation sites is 2. The molecule has 0 fully saturated rings. The Balaban J connectivity index is 1.50. The predicted molar refractivity (Wildman–Crippen MR) is 151 cm³/mol. The Kier molecular flexibility index (Phi) is 7.38. The molecule has 0 aliphatic heterocycles. The molecule has 0 unspecified atom stereocenters. The molecule has 0 radical (unpaired) electrons. The van der Waals surface area contributed by atoms with Crippen LogP contribution >= 0.6 is 0 Å². The molecule has 0 aliphatic rings. The van der Waals surface area contributed by atoms with Gasteiger partial charge in [0, 0.05) is 0 Å². The lowest BCUT2D eigenvalue weighted by Crippen LogP contribution is -2.31. The number of fused-ring (bicyclic) bond motifs is 1. The lowest BCUT2D eigenvalue weighted by atomic mass is 10.0. The van der Waals surface area contributed by atoms with Gasteiger partial charge in [-0.25, -0.2) is 0 Å². The van der Waals surface area contributed by atoms with E-state index < -0.39 is 0 Å². The highest BCUT2D eigenvalue weighted by Gasteiger charge is 2.20. The van der Waals surface area contributed by atoms with E-state index in [2.05, 4.69) is 127 Å². The average molecular weight is 490 g/mol. The molecule has 4 aromatic carbocycles. The minimum atomic E-state index is -0.00942. The van der Waals surface area contributed by atoms with Gasteiger partial charge in [-0.05, 0) is 56.0 Å². The summed E-state index contributed by atoms with van der Waals surface area (Å²) >= 11 is 0. The first-order valence-corrected chi connectivity index (χ1v) is 13.0. The third-order valence-corrected chi connectivity index (χ3v) is 7.03. The molecular weight excluding hydrogens is 454 g/mol. The highest BCUT2D eigenvalue weighted by molar-refractivity contribution is 5.76. The minimum Gasteiger partial charge on any atom is -0.375 e. The molecule has 0 spiro atoms. The van der Waals surface area contributed by atoms with Gasteiger partial charge in [0.15, 0.2) is 0 Å². The number of aromatic nitrogens is 2. The van der Waals surface area contributed by atoms with Crippen LogP contribution in [-0.2, 0) is 24.3 Å². The topological polar surface area (TPSA) is 42.9 Å². The molecule has 5 aromatic rings. The highest BCUT2D eigenvalue weighted by Crippen LogP contribution is 2.23. The molecule has 0 saturated heterocycles. The van der Waals surface area contributed by atoms with Crippen molar-refractivity contribution in [1.82, 2.24) is 9.13 Å². The number of nitrogens with zero attached hydrogens (tertiary/aromatic N) is 2. The van der Waals surface area contributed by atoms with Crippen molar-refractivity contribution in [3.8, 4) is 0 Å². The van der Waals surface area contributed by atoms with Crippen LogP contribution in [0.25, 0.3) is 11.0 Å². The van der Waals surface area contributed by atoms with Crippen LogP contribution in [-0.4, -0.2) is 15.7 Å². The van der Waals surface area contributed by atoms with Crippen LogP contribution in [0.3, 0.4) is 0 Å². The Morgan fingerprint density at radius 1 is 0.649 bits per heavy atom. The zero-order chi connectivity index (χ0) is 25.8. The van der Waals surface area contributed by atoms with Gasteiger partial charge in [-0.15, -0.1) is 0 Å². The summed E-state index contributed by atoms with van der Waals surface area (Å²) < 4.78 is 10.6. The summed E-state index contributed by atoms with van der Waals surface area (Å²) in [5, 5.41) is 9.29. The van der Waals surface area contributed by atoms with Gasteiger partial charge in [0.25, 0.3) is 0 Å². The van der Waals surface area contributed by atoms with Gasteiger partial charge >= 0.3 is 0 Å². The quantitative estimate of drug-likeness (QED) is 0.241. The Morgan fingerprint density at radius 3 is 1.76 bits per heavy atom. The van der Waals surface area contributed by atoms with Crippen molar-refractivity contribution in [3.63, 3.8) is 0 Å². The molecule has 4 heteroatoms. The predicted octanol–water partition coefficient (Wildman–Crippen LogP) is 6.90. The number of benzene rings is 4. The first kappa shape index (κ1) is 24.8. The second-order valence-electron chi connectivity index (χ2n) is 10.1. The van der Waals surface area contributed by atoms with Gasteiger partial charge < -0.3 is 13.9 Å². The second kappa shape index (κ2) is 11.0. The number of hydrogen-bond donors (Lipinski definition) is 1. The molecular formula is C33H35N3O. The number of aryl methyl sites for hydroxylation is 3. The molecule has 1 aromatic heterocycles. The fraction of sp³-hybridized carbons (Fsp3) is 0.242. The van der Waals surface area contributed by atoms with E-state index in [0.717, 1.165) is 23.0 Å². The van der Waals surface area contributed by atoms with Gasteiger partial charge in [-0.2, -0.15) is 0 Å². The lowest BCUT2D eigenvalue weighted by molar-refractivity contribution is 0.0893. The molecule has 1 atom stereocenters. The van der Waals surface area contributed by atoms with Gasteiger partial charge in [0.05, 0.1) is 36.8 Å². The van der Waals surface area contributed by atoms with Crippen molar-refractivity contribution >= 4 is 11.0 Å². The van der Waals surface area contributed by atoms with Crippen molar-refractivity contribution in [2.24, 2.45) is 0 Å². The summed E-state index contributed by atoms with van der Waals surface area (Å²) in [6, 6.07) is 34.1. The van der Waals surface area contributed by atoms with Crippen LogP contribution < -0.4 is 5.62 Å². The number of ether oxygens (including phenoxy) is 1. The summed E-state index contributed by atoms with van der Waals surface area (Å²) in [6.45, 7) is 8.05. The van der Waals surface area contributed by atoms with Crippen molar-refractivity contribution in [2.75, 3.05) is 6.61 Å². The van der Waals surface area contributed by atoms with E-state index in [9.17, 15) is 5.41 Å². The first-order valence-electron chi connectivity index (χ1n) is 13.0. The number of rotatable bonds is 9. The third kappa shape index (κ3) is 5.76. The second-order valence-corrected chi connectivity index (χ2v) is 10.1. The Labute approximate surface area is 219 Å². The highest BCUT2D eigenvalue weighted by atomic mass is 16.5. The maximum atomic E-state index is 9.29. The molecule has 0 amide bonds. The number of nitrogens with one attached hydrogen (secondary N) is 1. The van der Waals surface area contributed by atoms with Gasteiger partial charge in [0.1, 0.15) is 0 Å². The molecule has 1 heterocycles. The van der Waals surface area contributed by atoms with Crippen molar-refractivity contribution in [3.05, 3.63) is 136 Å². The SMILES string of the molecule is Cc1ccc(COC[C@@H](Cc2ccc(C)cc2)n2c(=N)n(Cc3ccc(C)cc3)c3ccccc32)cc1. The molecule has 0 aliphatic carbocycles. The monoisotopic (exact) mass is 489 g/mol. The Hall–Kier alpha value is -3.89. The van der Waals surface area contributed by atoms with E-state index >= 15 is 0 Å². The molecule has 5 rings (SSSR count). The van der Waals surface area contributed by atoms with Crippen molar-refractivity contribution in [2.45, 2.75) is 46.4 Å². The summed E-state index contributed by atoms with van der Waals surface area (Å²) in [5.41, 5.74) is 9.98. The van der Waals surface area contributed by atoms with E-state index in [1.807, 2.05) is 0 Å². The molecule has 37 heavy (non-hydrogen) atoms. The molecule has 0 saturated carbocycles. The van der Waals surface area contributed by atoms with E-state index in [4.69, 9.17) is 4.74 Å². The molecule has 4 nitrogen and oxygen atoms in total. The van der Waals surface area contributed by atoms with E-state index in [0.29, 0.717) is 25.4 Å². The first-order chi connectivity index (χ1) is 18.0. The molecule has 0 bridgehead atoms. The molecule has 1 N–H and O–H groups in total. The maximum Gasteiger partial charge on any atom is 0.203 e. The third-order valence-electron chi connectivity index (χ3n) is 7.03. The number of imidazole rings is 1. The fourth-order valence-electron chi connectivity index (χ4n) is 4.88.